The molecule has 1 heteroatoms. The standard InChI is InChI=1S/C9H14O/c1-2-3-4-5-9(10)8-6-7-8/h2-3,8H,4-7H2,1H3. The van der Waals surface area contributed by atoms with Crippen molar-refractivity contribution < 1.29 is 4.79 Å². The lowest BCUT2D eigenvalue weighted by Crippen LogP contribution is -1.97. The summed E-state index contributed by atoms with van der Waals surface area (Å²) in [6.07, 6.45) is 8.05. The summed E-state index contributed by atoms with van der Waals surface area (Å²) < 4.78 is 0. The maximum atomic E-state index is 11.0. The van der Waals surface area contributed by atoms with Gasteiger partial charge in [-0.05, 0) is 26.2 Å². The first-order valence-electron chi connectivity index (χ1n) is 3.98. The molecule has 1 fully saturated rings. The van der Waals surface area contributed by atoms with Crippen molar-refractivity contribution >= 4 is 5.78 Å². The molecule has 1 rings (SSSR count). The van der Waals surface area contributed by atoms with E-state index in [1.165, 1.54) is 0 Å². The molecule has 0 amide bonds. The van der Waals surface area contributed by atoms with Crippen LogP contribution in [0.4, 0.5) is 0 Å². The highest BCUT2D eigenvalue weighted by atomic mass is 16.1. The second-order valence-corrected chi connectivity index (χ2v) is 2.85. The number of carbonyl (C=O) groups excluding carboxylic acids is 1. The molecule has 10 heavy (non-hydrogen) atoms. The number of Topliss-reactive ketones (excluding diaryl/α,β-unsaturated/α-hetero) is 1. The first kappa shape index (κ1) is 7.52. The minimum atomic E-state index is 0.449. The fourth-order valence-corrected chi connectivity index (χ4v) is 1.00. The van der Waals surface area contributed by atoms with Crippen LogP contribution in [0.25, 0.3) is 0 Å². The first-order valence-corrected chi connectivity index (χ1v) is 3.98. The Labute approximate surface area is 62.1 Å². The van der Waals surface area contributed by atoms with Crippen LogP contribution in [0.5, 0.6) is 0 Å². The van der Waals surface area contributed by atoms with Crippen molar-refractivity contribution in [1.82, 2.24) is 0 Å². The Kier molecular flexibility index (Phi) is 2.67. The van der Waals surface area contributed by atoms with Crippen LogP contribution < -0.4 is 0 Å². The summed E-state index contributed by atoms with van der Waals surface area (Å²) >= 11 is 0. The van der Waals surface area contributed by atoms with Crippen LogP contribution in [-0.2, 0) is 4.79 Å². The van der Waals surface area contributed by atoms with Gasteiger partial charge in [0, 0.05) is 12.3 Å². The smallest absolute Gasteiger partial charge is 0.136 e. The first-order chi connectivity index (χ1) is 4.84. The van der Waals surface area contributed by atoms with Crippen molar-refractivity contribution in [3.05, 3.63) is 12.2 Å². The van der Waals surface area contributed by atoms with Crippen molar-refractivity contribution in [2.45, 2.75) is 32.6 Å². The van der Waals surface area contributed by atoms with Gasteiger partial charge in [-0.15, -0.1) is 0 Å². The molecule has 0 aromatic carbocycles. The number of hydrogen-bond donors (Lipinski definition) is 0. The monoisotopic (exact) mass is 138 g/mol. The van der Waals surface area contributed by atoms with Gasteiger partial charge >= 0.3 is 0 Å². The van der Waals surface area contributed by atoms with Gasteiger partial charge in [-0.1, -0.05) is 12.2 Å². The van der Waals surface area contributed by atoms with Gasteiger partial charge in [-0.2, -0.15) is 0 Å². The Balaban J connectivity index is 2.06. The second-order valence-electron chi connectivity index (χ2n) is 2.85. The van der Waals surface area contributed by atoms with E-state index in [9.17, 15) is 4.79 Å². The highest BCUT2D eigenvalue weighted by Crippen LogP contribution is 2.31. The number of carbonyl (C=O) groups is 1. The van der Waals surface area contributed by atoms with Crippen LogP contribution in [-0.4, -0.2) is 5.78 Å². The van der Waals surface area contributed by atoms with E-state index in [-0.39, 0.29) is 0 Å². The minimum absolute atomic E-state index is 0.449. The third-order valence-corrected chi connectivity index (χ3v) is 1.83. The lowest BCUT2D eigenvalue weighted by molar-refractivity contribution is -0.120. The summed E-state index contributed by atoms with van der Waals surface area (Å²) in [5.74, 6) is 0.920. The third-order valence-electron chi connectivity index (χ3n) is 1.83. The Hall–Kier alpha value is -0.590. The molecular weight excluding hydrogens is 124 g/mol. The predicted octanol–water partition coefficient (Wildman–Crippen LogP) is 2.32. The van der Waals surface area contributed by atoms with Crippen LogP contribution in [0.15, 0.2) is 12.2 Å². The third kappa shape index (κ3) is 2.34. The van der Waals surface area contributed by atoms with Crippen molar-refractivity contribution in [2.24, 2.45) is 5.92 Å². The number of ketones is 1. The zero-order valence-corrected chi connectivity index (χ0v) is 6.47. The molecule has 0 aliphatic heterocycles. The zero-order valence-electron chi connectivity index (χ0n) is 6.47. The van der Waals surface area contributed by atoms with Gasteiger partial charge in [0.15, 0.2) is 0 Å². The van der Waals surface area contributed by atoms with Crippen LogP contribution in [0.3, 0.4) is 0 Å². The van der Waals surface area contributed by atoms with Gasteiger partial charge in [0.2, 0.25) is 0 Å². The van der Waals surface area contributed by atoms with Gasteiger partial charge in [-0.25, -0.2) is 0 Å². The highest BCUT2D eigenvalue weighted by molar-refractivity contribution is 5.83. The molecular formula is C9H14O. The van der Waals surface area contributed by atoms with Crippen LogP contribution >= 0.6 is 0 Å². The van der Waals surface area contributed by atoms with E-state index in [1.54, 1.807) is 0 Å². The largest absolute Gasteiger partial charge is 0.299 e. The van der Waals surface area contributed by atoms with E-state index in [0.29, 0.717) is 11.7 Å². The SMILES string of the molecule is CC=CCCC(=O)C1CC1. The number of hydrogen-bond acceptors (Lipinski definition) is 1. The molecule has 0 atom stereocenters. The van der Waals surface area contributed by atoms with Gasteiger partial charge in [0.25, 0.3) is 0 Å². The summed E-state index contributed by atoms with van der Waals surface area (Å²) in [5, 5.41) is 0. The highest BCUT2D eigenvalue weighted by Gasteiger charge is 2.28. The summed E-state index contributed by atoms with van der Waals surface area (Å²) in [6, 6.07) is 0. The quantitative estimate of drug-likeness (QED) is 0.545. The minimum Gasteiger partial charge on any atom is -0.299 e. The van der Waals surface area contributed by atoms with Crippen molar-refractivity contribution in [1.29, 1.82) is 0 Å². The number of rotatable bonds is 4. The molecule has 1 saturated carbocycles. The Morgan fingerprint density at radius 2 is 2.30 bits per heavy atom. The van der Waals surface area contributed by atoms with Gasteiger partial charge in [0.05, 0.1) is 0 Å². The molecule has 1 aliphatic carbocycles. The maximum Gasteiger partial charge on any atom is 0.136 e. The molecule has 0 bridgehead atoms. The number of allylic oxidation sites excluding steroid dienone is 2. The average molecular weight is 138 g/mol. The zero-order chi connectivity index (χ0) is 7.40. The summed E-state index contributed by atoms with van der Waals surface area (Å²) in [7, 11) is 0. The maximum absolute atomic E-state index is 11.0. The van der Waals surface area contributed by atoms with Gasteiger partial charge < -0.3 is 0 Å². The molecule has 0 N–H and O–H groups in total. The van der Waals surface area contributed by atoms with E-state index in [2.05, 4.69) is 6.08 Å². The molecule has 0 radical (unpaired) electrons. The van der Waals surface area contributed by atoms with Gasteiger partial charge in [-0.3, -0.25) is 4.79 Å². The average Bonchev–Trinajstić information content (AvgIpc) is 2.69. The summed E-state index contributed by atoms with van der Waals surface area (Å²) in [4.78, 5) is 11.0. The van der Waals surface area contributed by atoms with Crippen LogP contribution in [0.1, 0.15) is 32.6 Å². The van der Waals surface area contributed by atoms with E-state index in [1.807, 2.05) is 13.0 Å². The van der Waals surface area contributed by atoms with E-state index in [4.69, 9.17) is 0 Å². The molecule has 0 aromatic rings. The van der Waals surface area contributed by atoms with Crippen molar-refractivity contribution in [3.8, 4) is 0 Å². The lowest BCUT2D eigenvalue weighted by Gasteiger charge is -1.91. The van der Waals surface area contributed by atoms with Crippen molar-refractivity contribution in [2.75, 3.05) is 0 Å². The molecule has 56 valence electrons. The fourth-order valence-electron chi connectivity index (χ4n) is 1.00. The molecule has 0 aromatic heterocycles. The summed E-state index contributed by atoms with van der Waals surface area (Å²) in [5.41, 5.74) is 0. The molecule has 0 saturated heterocycles. The normalized spacial score (nSPS) is 18.1. The molecule has 1 nitrogen and oxygen atoms in total. The molecule has 0 spiro atoms. The Bertz CT molecular complexity index is 143. The van der Waals surface area contributed by atoms with Crippen LogP contribution in [0, 0.1) is 5.92 Å². The topological polar surface area (TPSA) is 17.1 Å². The van der Waals surface area contributed by atoms with Crippen LogP contribution in [0.2, 0.25) is 0 Å². The second kappa shape index (κ2) is 3.55. The van der Waals surface area contributed by atoms with E-state index in [0.717, 1.165) is 25.7 Å². The van der Waals surface area contributed by atoms with E-state index < -0.39 is 0 Å². The molecule has 0 unspecified atom stereocenters. The lowest BCUT2D eigenvalue weighted by atomic mass is 10.1. The van der Waals surface area contributed by atoms with E-state index >= 15 is 0 Å². The van der Waals surface area contributed by atoms with Crippen molar-refractivity contribution in [3.63, 3.8) is 0 Å². The van der Waals surface area contributed by atoms with Gasteiger partial charge in [0.1, 0.15) is 5.78 Å². The summed E-state index contributed by atoms with van der Waals surface area (Å²) in [6.45, 7) is 1.99. The molecule has 1 aliphatic rings. The Morgan fingerprint density at radius 3 is 2.80 bits per heavy atom. The Morgan fingerprint density at radius 1 is 1.60 bits per heavy atom. The fraction of sp³-hybridized carbons (Fsp3) is 0.667. The predicted molar refractivity (Wildman–Crippen MR) is 41.8 cm³/mol. The molecule has 0 heterocycles.